The summed E-state index contributed by atoms with van der Waals surface area (Å²) in [6.07, 6.45) is 0. The van der Waals surface area contributed by atoms with Crippen LogP contribution in [0.4, 0.5) is 15.4 Å². The predicted octanol–water partition coefficient (Wildman–Crippen LogP) is 3.61. The van der Waals surface area contributed by atoms with E-state index in [4.69, 9.17) is 11.6 Å². The van der Waals surface area contributed by atoms with E-state index < -0.39 is 0 Å². The molecule has 1 aliphatic rings. The van der Waals surface area contributed by atoms with Gasteiger partial charge in [0.1, 0.15) is 5.82 Å². The number of carbonyl (C=O) groups excluding carboxylic acids is 2. The molecule has 154 valence electrons. The lowest BCUT2D eigenvalue weighted by Gasteiger charge is -2.17. The van der Waals surface area contributed by atoms with E-state index in [1.165, 1.54) is 0 Å². The van der Waals surface area contributed by atoms with Crippen molar-refractivity contribution in [1.29, 1.82) is 0 Å². The number of fused-ring (bicyclic) bond motifs is 1. The molecule has 4 amide bonds. The van der Waals surface area contributed by atoms with Crippen molar-refractivity contribution in [2.75, 3.05) is 5.32 Å². The molecule has 0 fully saturated rings. The smallest absolute Gasteiger partial charge is 0.320 e. The second-order valence-electron chi connectivity index (χ2n) is 6.96. The standard InChI is InChI=1S/C21H21ClN6O2/c22-16-8-6-15(7-9-16)10-23-20(29)25-19-17-12-28(13-18(17)26-27-19)21(30)24-11-14-4-2-1-3-5-14/h1-9H,10-13H2,(H,24,30)(H3,23,25,26,27,29). The summed E-state index contributed by atoms with van der Waals surface area (Å²) < 4.78 is 0. The van der Waals surface area contributed by atoms with Crippen LogP contribution in [0.3, 0.4) is 0 Å². The molecule has 0 saturated carbocycles. The number of halogens is 1. The van der Waals surface area contributed by atoms with E-state index in [1.807, 2.05) is 42.5 Å². The summed E-state index contributed by atoms with van der Waals surface area (Å²) in [4.78, 5) is 26.4. The molecule has 1 aromatic heterocycles. The van der Waals surface area contributed by atoms with E-state index in [9.17, 15) is 9.59 Å². The van der Waals surface area contributed by atoms with Crippen LogP contribution in [0, 0.1) is 0 Å². The zero-order valence-electron chi connectivity index (χ0n) is 16.1. The fraction of sp³-hybridized carbons (Fsp3) is 0.190. The molecule has 0 radical (unpaired) electrons. The van der Waals surface area contributed by atoms with Crippen molar-refractivity contribution in [2.45, 2.75) is 26.2 Å². The van der Waals surface area contributed by atoms with E-state index in [0.29, 0.717) is 37.0 Å². The van der Waals surface area contributed by atoms with E-state index in [1.54, 1.807) is 17.0 Å². The van der Waals surface area contributed by atoms with Crippen molar-refractivity contribution in [3.63, 3.8) is 0 Å². The number of hydrogen-bond donors (Lipinski definition) is 4. The average molecular weight is 425 g/mol. The third kappa shape index (κ3) is 4.72. The second-order valence-corrected chi connectivity index (χ2v) is 7.39. The molecule has 0 aliphatic carbocycles. The highest BCUT2D eigenvalue weighted by molar-refractivity contribution is 6.30. The molecule has 0 spiro atoms. The Bertz CT molecular complexity index is 1040. The maximum absolute atomic E-state index is 12.5. The Morgan fingerprint density at radius 2 is 1.67 bits per heavy atom. The quantitative estimate of drug-likeness (QED) is 0.503. The molecule has 4 rings (SSSR count). The van der Waals surface area contributed by atoms with E-state index in [0.717, 1.165) is 22.4 Å². The normalized spacial score (nSPS) is 12.4. The fourth-order valence-corrected chi connectivity index (χ4v) is 3.33. The minimum atomic E-state index is -0.358. The van der Waals surface area contributed by atoms with Crippen LogP contribution in [0.1, 0.15) is 22.4 Å². The Morgan fingerprint density at radius 1 is 0.967 bits per heavy atom. The van der Waals surface area contributed by atoms with Crippen LogP contribution < -0.4 is 16.0 Å². The van der Waals surface area contributed by atoms with Crippen molar-refractivity contribution in [3.05, 3.63) is 82.0 Å². The average Bonchev–Trinajstić information content (AvgIpc) is 3.34. The van der Waals surface area contributed by atoms with Gasteiger partial charge in [-0.1, -0.05) is 54.1 Å². The zero-order chi connectivity index (χ0) is 20.9. The number of nitrogens with zero attached hydrogens (tertiary/aromatic N) is 2. The van der Waals surface area contributed by atoms with Crippen LogP contribution in [-0.4, -0.2) is 27.2 Å². The fourth-order valence-electron chi connectivity index (χ4n) is 3.21. The molecule has 30 heavy (non-hydrogen) atoms. The number of aromatic amines is 1. The molecule has 0 bridgehead atoms. The predicted molar refractivity (Wildman–Crippen MR) is 114 cm³/mol. The van der Waals surface area contributed by atoms with Gasteiger partial charge < -0.3 is 15.5 Å². The summed E-state index contributed by atoms with van der Waals surface area (Å²) in [6, 6.07) is 16.4. The Labute approximate surface area is 178 Å². The van der Waals surface area contributed by atoms with Crippen LogP contribution >= 0.6 is 11.6 Å². The van der Waals surface area contributed by atoms with Gasteiger partial charge in [0.05, 0.1) is 18.8 Å². The summed E-state index contributed by atoms with van der Waals surface area (Å²) in [5, 5.41) is 16.2. The summed E-state index contributed by atoms with van der Waals surface area (Å²) in [5.41, 5.74) is 3.53. The number of H-pyrrole nitrogens is 1. The highest BCUT2D eigenvalue weighted by Gasteiger charge is 2.28. The molecular formula is C21H21ClN6O2. The van der Waals surface area contributed by atoms with E-state index in [2.05, 4.69) is 26.1 Å². The molecule has 2 aromatic carbocycles. The maximum atomic E-state index is 12.5. The summed E-state index contributed by atoms with van der Waals surface area (Å²) in [5.74, 6) is 0.497. The van der Waals surface area contributed by atoms with Crippen LogP contribution in [-0.2, 0) is 26.2 Å². The molecule has 4 N–H and O–H groups in total. The first-order valence-corrected chi connectivity index (χ1v) is 9.88. The Morgan fingerprint density at radius 3 is 2.43 bits per heavy atom. The Balaban J connectivity index is 1.29. The Hall–Kier alpha value is -3.52. The largest absolute Gasteiger partial charge is 0.334 e. The van der Waals surface area contributed by atoms with Gasteiger partial charge in [0, 0.05) is 23.7 Å². The zero-order valence-corrected chi connectivity index (χ0v) is 16.9. The van der Waals surface area contributed by atoms with E-state index in [-0.39, 0.29) is 12.1 Å². The lowest BCUT2D eigenvalue weighted by molar-refractivity contribution is 0.197. The SMILES string of the molecule is O=C(NCc1ccc(Cl)cc1)Nc1[nH]nc2c1CN(C(=O)NCc1ccccc1)C2. The molecule has 0 atom stereocenters. The van der Waals surface area contributed by atoms with Crippen molar-refractivity contribution in [2.24, 2.45) is 0 Å². The third-order valence-corrected chi connectivity index (χ3v) is 5.07. The first-order chi connectivity index (χ1) is 14.6. The molecule has 3 aromatic rings. The van der Waals surface area contributed by atoms with Gasteiger partial charge >= 0.3 is 12.1 Å². The maximum Gasteiger partial charge on any atom is 0.320 e. The summed E-state index contributed by atoms with van der Waals surface area (Å²) in [7, 11) is 0. The van der Waals surface area contributed by atoms with Crippen LogP contribution in [0.25, 0.3) is 0 Å². The number of aromatic nitrogens is 2. The van der Waals surface area contributed by atoms with E-state index >= 15 is 0 Å². The van der Waals surface area contributed by atoms with Crippen LogP contribution in [0.5, 0.6) is 0 Å². The van der Waals surface area contributed by atoms with Crippen molar-refractivity contribution in [3.8, 4) is 0 Å². The van der Waals surface area contributed by atoms with Gasteiger partial charge in [-0.3, -0.25) is 10.4 Å². The van der Waals surface area contributed by atoms with Gasteiger partial charge in [-0.25, -0.2) is 9.59 Å². The van der Waals surface area contributed by atoms with Gasteiger partial charge in [0.25, 0.3) is 0 Å². The lowest BCUT2D eigenvalue weighted by atomic mass is 10.2. The number of benzene rings is 2. The second kappa shape index (κ2) is 8.87. The monoisotopic (exact) mass is 424 g/mol. The van der Waals surface area contributed by atoms with Crippen LogP contribution in [0.2, 0.25) is 5.02 Å². The van der Waals surface area contributed by atoms with Gasteiger partial charge in [-0.15, -0.1) is 0 Å². The summed E-state index contributed by atoms with van der Waals surface area (Å²) in [6.45, 7) is 1.59. The highest BCUT2D eigenvalue weighted by Crippen LogP contribution is 2.27. The molecular weight excluding hydrogens is 404 g/mol. The number of carbonyl (C=O) groups is 2. The highest BCUT2D eigenvalue weighted by atomic mass is 35.5. The molecule has 1 aliphatic heterocycles. The number of anilines is 1. The summed E-state index contributed by atoms with van der Waals surface area (Å²) >= 11 is 5.87. The lowest BCUT2D eigenvalue weighted by Crippen LogP contribution is -2.36. The van der Waals surface area contributed by atoms with Crippen molar-refractivity contribution >= 4 is 29.5 Å². The minimum absolute atomic E-state index is 0.171. The number of rotatable bonds is 5. The number of nitrogens with one attached hydrogen (secondary N) is 4. The number of amides is 4. The third-order valence-electron chi connectivity index (χ3n) is 4.82. The van der Waals surface area contributed by atoms with Gasteiger partial charge in [-0.2, -0.15) is 5.10 Å². The first kappa shape index (κ1) is 19.8. The molecule has 9 heteroatoms. The molecule has 8 nitrogen and oxygen atoms in total. The van der Waals surface area contributed by atoms with Crippen molar-refractivity contribution < 1.29 is 9.59 Å². The van der Waals surface area contributed by atoms with Gasteiger partial charge in [0.2, 0.25) is 0 Å². The topological polar surface area (TPSA) is 102 Å². The molecule has 2 heterocycles. The molecule has 0 saturated heterocycles. The van der Waals surface area contributed by atoms with Crippen molar-refractivity contribution in [1.82, 2.24) is 25.7 Å². The Kier molecular flexibility index (Phi) is 5.85. The minimum Gasteiger partial charge on any atom is -0.334 e. The molecule has 0 unspecified atom stereocenters. The van der Waals surface area contributed by atoms with Gasteiger partial charge in [-0.05, 0) is 23.3 Å². The van der Waals surface area contributed by atoms with Crippen LogP contribution in [0.15, 0.2) is 54.6 Å². The first-order valence-electron chi connectivity index (χ1n) is 9.50. The number of urea groups is 2. The number of hydrogen-bond acceptors (Lipinski definition) is 3. The van der Waals surface area contributed by atoms with Gasteiger partial charge in [0.15, 0.2) is 0 Å².